The zero-order valence-electron chi connectivity index (χ0n) is 10.1. The fraction of sp³-hybridized carbons (Fsp3) is 0. The van der Waals surface area contributed by atoms with Gasteiger partial charge >= 0.3 is 0 Å². The van der Waals surface area contributed by atoms with Gasteiger partial charge in [-0.15, -0.1) is 0 Å². The Balaban J connectivity index is 1.47. The Morgan fingerprint density at radius 1 is 0.700 bits per heavy atom. The summed E-state index contributed by atoms with van der Waals surface area (Å²) in [7, 11) is 0. The Labute approximate surface area is 133 Å². The second kappa shape index (κ2) is 5.52. The molecule has 0 unspecified atom stereocenters. The Bertz CT molecular complexity index is 626. The van der Waals surface area contributed by atoms with E-state index in [-0.39, 0.29) is 0 Å². The third-order valence-corrected chi connectivity index (χ3v) is 7.90. The summed E-state index contributed by atoms with van der Waals surface area (Å²) in [5.74, 6) is 1.81. The van der Waals surface area contributed by atoms with Crippen molar-refractivity contribution in [3.8, 4) is 0 Å². The van der Waals surface area contributed by atoms with E-state index in [9.17, 15) is 0 Å². The second-order valence-corrected chi connectivity index (χ2v) is 9.18. The van der Waals surface area contributed by atoms with Crippen LogP contribution in [0.1, 0.15) is 11.5 Å². The smallest absolute Gasteiger partial charge is 0.128 e. The minimum absolute atomic E-state index is 0.905. The Hall–Kier alpha value is -0.820. The van der Waals surface area contributed by atoms with Crippen LogP contribution in [0.4, 0.5) is 0 Å². The van der Waals surface area contributed by atoms with Crippen LogP contribution < -0.4 is 0 Å². The van der Waals surface area contributed by atoms with Gasteiger partial charge in [0, 0.05) is 12.2 Å². The first-order chi connectivity index (χ1) is 9.87. The summed E-state index contributed by atoms with van der Waals surface area (Å²) in [6, 6.07) is 7.76. The summed E-state index contributed by atoms with van der Waals surface area (Å²) in [4.78, 5) is 0. The number of hydrogen-bond donors (Lipinski definition) is 0. The minimum Gasteiger partial charge on any atom is -0.465 e. The third kappa shape index (κ3) is 2.65. The van der Waals surface area contributed by atoms with Crippen LogP contribution in [0, 0.1) is 0 Å². The summed E-state index contributed by atoms with van der Waals surface area (Å²) >= 11 is 7.24. The summed E-state index contributed by atoms with van der Waals surface area (Å²) in [5, 5.41) is 0. The fourth-order valence-electron chi connectivity index (χ4n) is 1.71. The molecule has 0 saturated heterocycles. The first-order valence-electron chi connectivity index (χ1n) is 5.83. The molecule has 2 aromatic heterocycles. The molecule has 6 heteroatoms. The molecule has 0 N–H and O–H groups in total. The van der Waals surface area contributed by atoms with Gasteiger partial charge in [0.05, 0.1) is 29.5 Å². The van der Waals surface area contributed by atoms with Crippen molar-refractivity contribution in [3.05, 3.63) is 65.3 Å². The van der Waals surface area contributed by atoms with Crippen molar-refractivity contribution in [2.75, 3.05) is 0 Å². The van der Waals surface area contributed by atoms with E-state index in [0.29, 0.717) is 0 Å². The quantitative estimate of drug-likeness (QED) is 0.642. The van der Waals surface area contributed by atoms with Crippen LogP contribution in [-0.4, -0.2) is 0 Å². The fourth-order valence-corrected chi connectivity index (χ4v) is 7.85. The maximum atomic E-state index is 5.35. The van der Waals surface area contributed by atoms with Gasteiger partial charge in [0.15, 0.2) is 0 Å². The van der Waals surface area contributed by atoms with Gasteiger partial charge in [0.1, 0.15) is 11.5 Å². The van der Waals surface area contributed by atoms with Gasteiger partial charge < -0.3 is 8.83 Å². The van der Waals surface area contributed by atoms with E-state index in [2.05, 4.69) is 12.2 Å². The third-order valence-electron chi connectivity index (χ3n) is 2.55. The minimum atomic E-state index is 0.905. The molecule has 0 fully saturated rings. The SMILES string of the molecule is C(=C1SC2=C(S1)SC(=Cc1ccco1)S2)c1ccco1. The van der Waals surface area contributed by atoms with Crippen LogP contribution in [-0.2, 0) is 0 Å². The van der Waals surface area contributed by atoms with E-state index in [1.54, 1.807) is 12.5 Å². The number of furan rings is 2. The summed E-state index contributed by atoms with van der Waals surface area (Å²) < 4.78 is 15.9. The topological polar surface area (TPSA) is 26.3 Å². The highest BCUT2D eigenvalue weighted by Crippen LogP contribution is 2.66. The number of hydrogen-bond acceptors (Lipinski definition) is 6. The highest BCUT2D eigenvalue weighted by Gasteiger charge is 2.30. The monoisotopic (exact) mass is 336 g/mol. The van der Waals surface area contributed by atoms with E-state index < -0.39 is 0 Å². The summed E-state index contributed by atoms with van der Waals surface area (Å²) in [5.41, 5.74) is 0. The maximum absolute atomic E-state index is 5.35. The van der Waals surface area contributed by atoms with E-state index in [1.807, 2.05) is 71.3 Å². The molecule has 0 aliphatic carbocycles. The van der Waals surface area contributed by atoms with Crippen molar-refractivity contribution < 1.29 is 8.83 Å². The highest BCUT2D eigenvalue weighted by molar-refractivity contribution is 8.48. The summed E-state index contributed by atoms with van der Waals surface area (Å²) in [6.45, 7) is 0. The van der Waals surface area contributed by atoms with Crippen LogP contribution in [0.3, 0.4) is 0 Å². The van der Waals surface area contributed by atoms with E-state index in [0.717, 1.165) is 11.5 Å². The van der Waals surface area contributed by atoms with E-state index >= 15 is 0 Å². The largest absolute Gasteiger partial charge is 0.465 e. The molecule has 0 aromatic carbocycles. The van der Waals surface area contributed by atoms with Gasteiger partial charge in [-0.3, -0.25) is 0 Å². The van der Waals surface area contributed by atoms with Crippen LogP contribution in [0.25, 0.3) is 12.2 Å². The Kier molecular flexibility index (Phi) is 3.56. The molecule has 0 saturated carbocycles. The first kappa shape index (κ1) is 12.9. The lowest BCUT2D eigenvalue weighted by Crippen LogP contribution is -1.68. The van der Waals surface area contributed by atoms with Crippen LogP contribution in [0.2, 0.25) is 0 Å². The molecule has 2 aliphatic heterocycles. The van der Waals surface area contributed by atoms with Gasteiger partial charge in [-0.1, -0.05) is 47.0 Å². The lowest BCUT2D eigenvalue weighted by molar-refractivity contribution is 0.557. The molecule has 2 aliphatic rings. The molecule has 2 aromatic rings. The molecule has 0 bridgehead atoms. The predicted molar refractivity (Wildman–Crippen MR) is 90.8 cm³/mol. The lowest BCUT2D eigenvalue weighted by Gasteiger charge is -2.01. The van der Waals surface area contributed by atoms with Gasteiger partial charge in [-0.25, -0.2) is 0 Å². The van der Waals surface area contributed by atoms with Gasteiger partial charge in [0.2, 0.25) is 0 Å². The molecule has 4 rings (SSSR count). The molecular formula is C14H8O2S4. The number of thioether (sulfide) groups is 4. The van der Waals surface area contributed by atoms with Gasteiger partial charge in [-0.2, -0.15) is 0 Å². The zero-order chi connectivity index (χ0) is 13.4. The normalized spacial score (nSPS) is 17.8. The highest BCUT2D eigenvalue weighted by atomic mass is 32.3. The molecule has 0 spiro atoms. The Morgan fingerprint density at radius 2 is 1.15 bits per heavy atom. The molecule has 0 atom stereocenters. The molecule has 20 heavy (non-hydrogen) atoms. The number of rotatable bonds is 2. The Morgan fingerprint density at radius 3 is 1.50 bits per heavy atom. The average molecular weight is 336 g/mol. The summed E-state index contributed by atoms with van der Waals surface area (Å²) in [6.07, 6.45) is 7.58. The van der Waals surface area contributed by atoms with Crippen molar-refractivity contribution in [2.45, 2.75) is 0 Å². The van der Waals surface area contributed by atoms with Crippen LogP contribution >= 0.6 is 47.0 Å². The van der Waals surface area contributed by atoms with Crippen LogP contribution in [0.5, 0.6) is 0 Å². The van der Waals surface area contributed by atoms with Crippen molar-refractivity contribution in [3.63, 3.8) is 0 Å². The van der Waals surface area contributed by atoms with E-state index in [4.69, 9.17) is 8.83 Å². The van der Waals surface area contributed by atoms with Crippen molar-refractivity contribution >= 4 is 59.2 Å². The molecule has 2 nitrogen and oxygen atoms in total. The van der Waals surface area contributed by atoms with Gasteiger partial charge in [0.25, 0.3) is 0 Å². The maximum Gasteiger partial charge on any atom is 0.128 e. The predicted octanol–water partition coefficient (Wildman–Crippen LogP) is 6.26. The molecular weight excluding hydrogens is 328 g/mol. The van der Waals surface area contributed by atoms with E-state index in [1.165, 1.54) is 16.9 Å². The second-order valence-electron chi connectivity index (χ2n) is 3.94. The molecule has 0 amide bonds. The zero-order valence-corrected chi connectivity index (χ0v) is 13.3. The van der Waals surface area contributed by atoms with Crippen molar-refractivity contribution in [1.29, 1.82) is 0 Å². The lowest BCUT2D eigenvalue weighted by atomic mass is 10.4. The molecule has 4 heterocycles. The average Bonchev–Trinajstić information content (AvgIpc) is 3.14. The molecule has 0 radical (unpaired) electrons. The van der Waals surface area contributed by atoms with Crippen molar-refractivity contribution in [2.24, 2.45) is 0 Å². The molecule has 100 valence electrons. The van der Waals surface area contributed by atoms with Crippen LogP contribution in [0.15, 0.2) is 62.6 Å². The standard InChI is InChI=1S/C14H8O2S4/c1-3-9(15-5-1)7-11-17-13-14(18-11)20-12(19-13)8-10-4-2-6-16-10/h1-8H. The first-order valence-corrected chi connectivity index (χ1v) is 9.09. The van der Waals surface area contributed by atoms with Crippen molar-refractivity contribution in [1.82, 2.24) is 0 Å². The van der Waals surface area contributed by atoms with Gasteiger partial charge in [-0.05, 0) is 24.3 Å².